The van der Waals surface area contributed by atoms with E-state index in [0.29, 0.717) is 39.1 Å². The van der Waals surface area contributed by atoms with Crippen molar-refractivity contribution in [3.8, 4) is 11.5 Å². The van der Waals surface area contributed by atoms with Crippen LogP contribution in [0.4, 0.5) is 23.0 Å². The van der Waals surface area contributed by atoms with Crippen LogP contribution in [0.3, 0.4) is 0 Å². The highest BCUT2D eigenvalue weighted by Gasteiger charge is 2.34. The van der Waals surface area contributed by atoms with Crippen molar-refractivity contribution in [1.82, 2.24) is 25.0 Å². The zero-order valence-electron chi connectivity index (χ0n) is 33.0. The van der Waals surface area contributed by atoms with Gasteiger partial charge in [0, 0.05) is 28.1 Å². The quantitative estimate of drug-likeness (QED) is 0.140. The Morgan fingerprint density at radius 3 is 1.80 bits per heavy atom. The van der Waals surface area contributed by atoms with Gasteiger partial charge in [-0.1, -0.05) is 0 Å². The smallest absolute Gasteiger partial charge is 0.306 e. The number of aromatic nitrogens is 4. The number of aliphatic imine (C=N–C) groups is 2. The van der Waals surface area contributed by atoms with E-state index in [1.54, 1.807) is 54.6 Å². The number of carbonyl (C=O) groups excluding carboxylic acids is 1. The fraction of sp³-hybridized carbons (Fsp3) is 0.349. The number of nitrogens with one attached hydrogen (secondary N) is 2. The van der Waals surface area contributed by atoms with Gasteiger partial charge < -0.3 is 25.2 Å². The summed E-state index contributed by atoms with van der Waals surface area (Å²) < 4.78 is 11.2. The maximum atomic E-state index is 12.8. The first kappa shape index (κ1) is 38.2. The van der Waals surface area contributed by atoms with Gasteiger partial charge in [0.2, 0.25) is 5.91 Å². The van der Waals surface area contributed by atoms with Crippen LogP contribution in [0.1, 0.15) is 62.4 Å². The van der Waals surface area contributed by atoms with Gasteiger partial charge in [-0.05, 0) is 103 Å². The van der Waals surface area contributed by atoms with Gasteiger partial charge in [-0.3, -0.25) is 24.4 Å². The average molecular weight is 844 g/mol. The maximum Gasteiger partial charge on any atom is 0.306 e. The number of hydrogen-bond donors (Lipinski definition) is 3. The van der Waals surface area contributed by atoms with Crippen LogP contribution < -0.4 is 20.1 Å². The molecule has 60 heavy (non-hydrogen) atoms. The number of fused-ring (bicyclic) bond motifs is 8. The van der Waals surface area contributed by atoms with Crippen molar-refractivity contribution < 1.29 is 29.0 Å². The molecule has 3 N–H and O–H groups in total. The van der Waals surface area contributed by atoms with Crippen LogP contribution in [0, 0.1) is 11.8 Å². The zero-order chi connectivity index (χ0) is 40.9. The predicted molar refractivity (Wildman–Crippen MR) is 231 cm³/mol. The molecule has 15 nitrogen and oxygen atoms in total. The van der Waals surface area contributed by atoms with Crippen molar-refractivity contribution in [3.63, 3.8) is 0 Å². The first-order chi connectivity index (χ1) is 29.3. The standard InChI is InChI=1S/C23H23N5O3S.C20H18N4O3S/c1-30-18-8-15-11-24-10-14(15)7-17(18)27-21-20-16-4-3-13(23(29)28-5-2-6-31-28)9-19(16)32-22(20)26-12-25-21;1-27-15-5-12-8-21-7-11(12)4-14(15)24-18-17-13-3-2-10(20(25)26)6-16(13)28-19(17)23-9-22-18/h7-8,10,12-13H,2-6,9,11H2,1H3,(H,25,26,27);4-5,7,9-10H,2-3,6,8H2,1H3,(H,25,26)(H,22,23,24)/t13-;10-/m00/s1. The van der Waals surface area contributed by atoms with Crippen LogP contribution in [-0.2, 0) is 53.2 Å². The molecule has 11 rings (SSSR count). The first-order valence-corrected chi connectivity index (χ1v) is 21.6. The molecule has 0 spiro atoms. The predicted octanol–water partition coefficient (Wildman–Crippen LogP) is 7.21. The van der Waals surface area contributed by atoms with Gasteiger partial charge in [-0.15, -0.1) is 22.7 Å². The van der Waals surface area contributed by atoms with Gasteiger partial charge in [0.1, 0.15) is 45.5 Å². The summed E-state index contributed by atoms with van der Waals surface area (Å²) in [4.78, 5) is 60.5. The third-order valence-corrected chi connectivity index (χ3v) is 14.1. The monoisotopic (exact) mass is 843 g/mol. The molecule has 2 aromatic carbocycles. The number of methoxy groups -OCH3 is 2. The molecule has 2 aliphatic carbocycles. The maximum absolute atomic E-state index is 12.8. The Kier molecular flexibility index (Phi) is 10.1. The van der Waals surface area contributed by atoms with Gasteiger partial charge in [0.15, 0.2) is 0 Å². The highest BCUT2D eigenvalue weighted by molar-refractivity contribution is 7.19. The summed E-state index contributed by atoms with van der Waals surface area (Å²) in [5, 5.41) is 19.9. The minimum absolute atomic E-state index is 0.0332. The van der Waals surface area contributed by atoms with Crippen LogP contribution in [0.5, 0.6) is 11.5 Å². The van der Waals surface area contributed by atoms with Crippen LogP contribution >= 0.6 is 22.7 Å². The van der Waals surface area contributed by atoms with Gasteiger partial charge in [-0.2, -0.15) is 0 Å². The molecule has 17 heteroatoms. The van der Waals surface area contributed by atoms with Crippen LogP contribution in [0.2, 0.25) is 0 Å². The first-order valence-electron chi connectivity index (χ1n) is 20.0. The molecule has 0 saturated carbocycles. The molecule has 7 heterocycles. The van der Waals surface area contributed by atoms with Gasteiger partial charge in [-0.25, -0.2) is 25.0 Å². The summed E-state index contributed by atoms with van der Waals surface area (Å²) >= 11 is 3.23. The van der Waals surface area contributed by atoms with Gasteiger partial charge in [0.25, 0.3) is 0 Å². The Morgan fingerprint density at radius 1 is 0.767 bits per heavy atom. The number of nitrogens with zero attached hydrogens (tertiary/aromatic N) is 7. The Labute approximate surface area is 352 Å². The van der Waals surface area contributed by atoms with Crippen molar-refractivity contribution in [2.24, 2.45) is 21.8 Å². The van der Waals surface area contributed by atoms with Crippen LogP contribution in [0.25, 0.3) is 20.4 Å². The summed E-state index contributed by atoms with van der Waals surface area (Å²) in [6.07, 6.45) is 12.1. The Morgan fingerprint density at radius 2 is 1.30 bits per heavy atom. The number of amides is 1. The molecular formula is C43H41N9O6S2. The number of carboxylic acid groups (broad SMARTS) is 1. The fourth-order valence-corrected chi connectivity index (χ4v) is 11.3. The summed E-state index contributed by atoms with van der Waals surface area (Å²) in [6, 6.07) is 8.12. The molecule has 1 amide bonds. The number of carbonyl (C=O) groups is 2. The van der Waals surface area contributed by atoms with Crippen molar-refractivity contribution in [3.05, 3.63) is 80.1 Å². The molecule has 5 aliphatic rings. The fourth-order valence-electron chi connectivity index (χ4n) is 8.72. The van der Waals surface area contributed by atoms with Gasteiger partial charge >= 0.3 is 5.97 Å². The summed E-state index contributed by atoms with van der Waals surface area (Å²) in [7, 11) is 3.32. The number of ether oxygens (including phenoxy) is 2. The molecular weight excluding hydrogens is 803 g/mol. The van der Waals surface area contributed by atoms with Gasteiger partial charge in [0.05, 0.1) is 68.5 Å². The number of hydroxylamine groups is 2. The zero-order valence-corrected chi connectivity index (χ0v) is 34.6. The number of hydrogen-bond acceptors (Lipinski definition) is 15. The number of rotatable bonds is 8. The molecule has 0 bridgehead atoms. The Balaban J connectivity index is 0.000000146. The lowest BCUT2D eigenvalue weighted by molar-refractivity contribution is -0.173. The minimum Gasteiger partial charge on any atom is -0.495 e. The summed E-state index contributed by atoms with van der Waals surface area (Å²) in [6.45, 7) is 2.69. The van der Waals surface area contributed by atoms with E-state index in [1.165, 1.54) is 16.0 Å². The van der Waals surface area contributed by atoms with E-state index < -0.39 is 5.97 Å². The van der Waals surface area contributed by atoms with E-state index in [2.05, 4.69) is 46.6 Å². The van der Waals surface area contributed by atoms with Crippen LogP contribution in [-0.4, -0.2) is 81.8 Å². The van der Waals surface area contributed by atoms with E-state index >= 15 is 0 Å². The number of carboxylic acids is 1. The second kappa shape index (κ2) is 15.9. The lowest BCUT2D eigenvalue weighted by Crippen LogP contribution is -2.35. The lowest BCUT2D eigenvalue weighted by atomic mass is 9.87. The topological polar surface area (TPSA) is 186 Å². The number of aliphatic carboxylic acids is 1. The molecule has 1 saturated heterocycles. The number of thiophene rings is 2. The van der Waals surface area contributed by atoms with E-state index in [0.717, 1.165) is 114 Å². The highest BCUT2D eigenvalue weighted by atomic mass is 32.1. The molecule has 306 valence electrons. The second-order valence-corrected chi connectivity index (χ2v) is 17.5. The largest absolute Gasteiger partial charge is 0.495 e. The van der Waals surface area contributed by atoms with Crippen LogP contribution in [0.15, 0.2) is 46.9 Å². The molecule has 0 unspecified atom stereocenters. The number of aryl methyl sites for hydroxylation is 2. The molecule has 2 atom stereocenters. The highest BCUT2D eigenvalue weighted by Crippen LogP contribution is 2.44. The number of benzene rings is 2. The minimum atomic E-state index is -0.725. The van der Waals surface area contributed by atoms with Crippen molar-refractivity contribution >= 4 is 90.4 Å². The molecule has 6 aromatic rings. The Hall–Kier alpha value is -6.04. The Bertz CT molecular complexity index is 2760. The van der Waals surface area contributed by atoms with E-state index in [4.69, 9.17) is 14.3 Å². The summed E-state index contributed by atoms with van der Waals surface area (Å²) in [5.41, 5.74) is 8.57. The van der Waals surface area contributed by atoms with E-state index in [9.17, 15) is 14.7 Å². The second-order valence-electron chi connectivity index (χ2n) is 15.3. The van der Waals surface area contributed by atoms with Crippen molar-refractivity contribution in [1.29, 1.82) is 0 Å². The normalized spacial score (nSPS) is 18.4. The third-order valence-electron chi connectivity index (χ3n) is 11.8. The third kappa shape index (κ3) is 6.99. The molecule has 4 aromatic heterocycles. The number of anilines is 4. The molecule has 1 fully saturated rings. The summed E-state index contributed by atoms with van der Waals surface area (Å²) in [5.74, 6) is 2.04. The molecule has 3 aliphatic heterocycles. The van der Waals surface area contributed by atoms with Crippen molar-refractivity contribution in [2.75, 3.05) is 38.0 Å². The molecule has 0 radical (unpaired) electrons. The SMILES string of the molecule is COc1cc2c(cc1Nc1ncnc3sc4c(c13)CC[C@H](C(=O)N1CCCO1)C4)C=NC2.COc1cc2c(cc1Nc1ncnc3sc4c(c13)CC[C@H](C(=O)O)C4)C=NC2. The average Bonchev–Trinajstić information content (AvgIpc) is 4.12. The van der Waals surface area contributed by atoms with Crippen molar-refractivity contribution in [2.45, 2.75) is 58.0 Å². The van der Waals surface area contributed by atoms with E-state index in [1.807, 2.05) is 30.6 Å². The lowest BCUT2D eigenvalue weighted by Gasteiger charge is -2.25. The van der Waals surface area contributed by atoms with E-state index in [-0.39, 0.29) is 17.7 Å².